The zero-order valence-electron chi connectivity index (χ0n) is 18.1. The molecule has 0 bridgehead atoms. The van der Waals surface area contributed by atoms with Crippen LogP contribution < -0.4 is 10.1 Å². The van der Waals surface area contributed by atoms with Gasteiger partial charge in [-0.2, -0.15) is 0 Å². The molecule has 3 heterocycles. The lowest BCUT2D eigenvalue weighted by Gasteiger charge is -2.33. The van der Waals surface area contributed by atoms with Crippen LogP contribution in [0.15, 0.2) is 71.1 Å². The van der Waals surface area contributed by atoms with E-state index in [2.05, 4.69) is 50.3 Å². The van der Waals surface area contributed by atoms with E-state index in [1.54, 1.807) is 18.6 Å². The molecule has 1 N–H and O–H groups in total. The number of carbonyl (C=O) groups excluding carboxylic acids is 1. The standard InChI is InChI=1S/C25H25BrN4O2/c1-17-10-22(15-27-13-17)29-25(31)30-9-8-20(18(2)16-30)11-19-4-3-5-23(12-19)32-24-7-6-21(26)14-28-24/h3-7,10-15,18H,8-9,16H2,1-2H3,(H,29,31)/b20-11+. The van der Waals surface area contributed by atoms with Gasteiger partial charge in [-0.05, 0) is 70.6 Å². The van der Waals surface area contributed by atoms with Gasteiger partial charge in [0.25, 0.3) is 0 Å². The number of likely N-dealkylation sites (tertiary alicyclic amines) is 1. The predicted octanol–water partition coefficient (Wildman–Crippen LogP) is 6.30. The summed E-state index contributed by atoms with van der Waals surface area (Å²) in [5.41, 5.74) is 4.14. The average molecular weight is 493 g/mol. The molecule has 2 aromatic heterocycles. The van der Waals surface area contributed by atoms with Gasteiger partial charge in [0, 0.05) is 36.0 Å². The van der Waals surface area contributed by atoms with E-state index < -0.39 is 0 Å². The number of carbonyl (C=O) groups is 1. The molecule has 0 saturated carbocycles. The molecule has 1 unspecified atom stereocenters. The maximum Gasteiger partial charge on any atom is 0.321 e. The van der Waals surface area contributed by atoms with Crippen molar-refractivity contribution in [2.24, 2.45) is 5.92 Å². The molecule has 0 radical (unpaired) electrons. The van der Waals surface area contributed by atoms with Gasteiger partial charge < -0.3 is 15.0 Å². The van der Waals surface area contributed by atoms with Crippen LogP contribution in [-0.4, -0.2) is 34.0 Å². The number of urea groups is 1. The van der Waals surface area contributed by atoms with E-state index in [9.17, 15) is 4.79 Å². The Bertz CT molecular complexity index is 1130. The number of aromatic nitrogens is 2. The minimum atomic E-state index is -0.0827. The second-order valence-electron chi connectivity index (χ2n) is 7.99. The van der Waals surface area contributed by atoms with Crippen molar-refractivity contribution in [2.75, 3.05) is 18.4 Å². The lowest BCUT2D eigenvalue weighted by molar-refractivity contribution is 0.198. The number of pyridine rings is 2. The predicted molar refractivity (Wildman–Crippen MR) is 130 cm³/mol. The molecule has 0 aliphatic carbocycles. The van der Waals surface area contributed by atoms with E-state index in [4.69, 9.17) is 4.74 Å². The van der Waals surface area contributed by atoms with Gasteiger partial charge in [-0.3, -0.25) is 4.98 Å². The SMILES string of the molecule is Cc1cncc(NC(=O)N2CC/C(=C\c3cccc(Oc4ccc(Br)cn4)c3)C(C)C2)c1. The van der Waals surface area contributed by atoms with E-state index in [1.807, 2.05) is 48.2 Å². The van der Waals surface area contributed by atoms with Crippen LogP contribution in [-0.2, 0) is 0 Å². The molecule has 4 rings (SSSR count). The first kappa shape index (κ1) is 22.0. The number of nitrogens with zero attached hydrogens (tertiary/aromatic N) is 3. The molecule has 0 spiro atoms. The van der Waals surface area contributed by atoms with Crippen molar-refractivity contribution in [3.63, 3.8) is 0 Å². The second-order valence-corrected chi connectivity index (χ2v) is 8.90. The summed E-state index contributed by atoms with van der Waals surface area (Å²) in [4.78, 5) is 22.9. The summed E-state index contributed by atoms with van der Waals surface area (Å²) in [6.07, 6.45) is 8.18. The topological polar surface area (TPSA) is 67.4 Å². The van der Waals surface area contributed by atoms with Crippen molar-refractivity contribution >= 4 is 33.7 Å². The number of hydrogen-bond donors (Lipinski definition) is 1. The van der Waals surface area contributed by atoms with Gasteiger partial charge in [0.2, 0.25) is 5.88 Å². The van der Waals surface area contributed by atoms with Crippen molar-refractivity contribution in [3.8, 4) is 11.6 Å². The number of piperidine rings is 1. The summed E-state index contributed by atoms with van der Waals surface area (Å²) in [7, 11) is 0. The Kier molecular flexibility index (Phi) is 6.85. The molecule has 1 aliphatic heterocycles. The highest BCUT2D eigenvalue weighted by atomic mass is 79.9. The third-order valence-electron chi connectivity index (χ3n) is 5.34. The summed E-state index contributed by atoms with van der Waals surface area (Å²) in [6.45, 7) is 5.47. The Morgan fingerprint density at radius 1 is 1.22 bits per heavy atom. The largest absolute Gasteiger partial charge is 0.439 e. The third kappa shape index (κ3) is 5.73. The lowest BCUT2D eigenvalue weighted by Crippen LogP contribution is -2.42. The molecule has 7 heteroatoms. The van der Waals surface area contributed by atoms with Crippen LogP contribution in [0.25, 0.3) is 6.08 Å². The zero-order valence-corrected chi connectivity index (χ0v) is 19.7. The number of amides is 2. The molecule has 164 valence electrons. The average Bonchev–Trinajstić information content (AvgIpc) is 2.77. The van der Waals surface area contributed by atoms with Crippen molar-refractivity contribution in [3.05, 3.63) is 82.2 Å². The van der Waals surface area contributed by atoms with Gasteiger partial charge in [0.1, 0.15) is 5.75 Å². The second kappa shape index (κ2) is 9.96. The van der Waals surface area contributed by atoms with Gasteiger partial charge in [-0.25, -0.2) is 9.78 Å². The Balaban J connectivity index is 1.39. The number of ether oxygens (including phenoxy) is 1. The highest BCUT2D eigenvalue weighted by Crippen LogP contribution is 2.28. The quantitative estimate of drug-likeness (QED) is 0.464. The van der Waals surface area contributed by atoms with Gasteiger partial charge in [-0.1, -0.05) is 30.7 Å². The molecule has 1 aliphatic rings. The van der Waals surface area contributed by atoms with Crippen molar-refractivity contribution in [2.45, 2.75) is 20.3 Å². The molecule has 1 saturated heterocycles. The van der Waals surface area contributed by atoms with Gasteiger partial charge in [0.05, 0.1) is 11.9 Å². The van der Waals surface area contributed by atoms with Crippen LogP contribution in [0.4, 0.5) is 10.5 Å². The van der Waals surface area contributed by atoms with Crippen LogP contribution in [0.3, 0.4) is 0 Å². The first-order chi connectivity index (χ1) is 15.5. The number of nitrogens with one attached hydrogen (secondary N) is 1. The molecule has 1 atom stereocenters. The number of aryl methyl sites for hydroxylation is 1. The molecule has 1 fully saturated rings. The Hall–Kier alpha value is -3.19. The first-order valence-electron chi connectivity index (χ1n) is 10.5. The monoisotopic (exact) mass is 492 g/mol. The zero-order chi connectivity index (χ0) is 22.5. The normalized spacial score (nSPS) is 17.3. The van der Waals surface area contributed by atoms with Crippen LogP contribution in [0.5, 0.6) is 11.6 Å². The number of anilines is 1. The summed E-state index contributed by atoms with van der Waals surface area (Å²) < 4.78 is 6.79. The van der Waals surface area contributed by atoms with E-state index in [0.717, 1.165) is 33.5 Å². The van der Waals surface area contributed by atoms with E-state index in [1.165, 1.54) is 5.57 Å². The van der Waals surface area contributed by atoms with Crippen LogP contribution in [0, 0.1) is 12.8 Å². The van der Waals surface area contributed by atoms with Gasteiger partial charge in [-0.15, -0.1) is 0 Å². The summed E-state index contributed by atoms with van der Waals surface area (Å²) >= 11 is 3.38. The van der Waals surface area contributed by atoms with Crippen molar-refractivity contribution in [1.82, 2.24) is 14.9 Å². The summed E-state index contributed by atoms with van der Waals surface area (Å²) in [5, 5.41) is 2.95. The molecular formula is C25H25BrN4O2. The van der Waals surface area contributed by atoms with Crippen LogP contribution in [0.2, 0.25) is 0 Å². The minimum Gasteiger partial charge on any atom is -0.439 e. The van der Waals surface area contributed by atoms with Crippen LogP contribution >= 0.6 is 15.9 Å². The lowest BCUT2D eigenvalue weighted by atomic mass is 9.91. The maximum absolute atomic E-state index is 12.7. The van der Waals surface area contributed by atoms with E-state index in [0.29, 0.717) is 19.0 Å². The Labute approximate surface area is 196 Å². The molecule has 2 amide bonds. The van der Waals surface area contributed by atoms with Gasteiger partial charge >= 0.3 is 6.03 Å². The smallest absolute Gasteiger partial charge is 0.321 e. The fraction of sp³-hybridized carbons (Fsp3) is 0.240. The molecule has 6 nitrogen and oxygen atoms in total. The molecular weight excluding hydrogens is 468 g/mol. The van der Waals surface area contributed by atoms with Crippen molar-refractivity contribution < 1.29 is 9.53 Å². The van der Waals surface area contributed by atoms with Gasteiger partial charge in [0.15, 0.2) is 0 Å². The Morgan fingerprint density at radius 3 is 2.84 bits per heavy atom. The maximum atomic E-state index is 12.7. The highest BCUT2D eigenvalue weighted by Gasteiger charge is 2.24. The number of hydrogen-bond acceptors (Lipinski definition) is 4. The summed E-state index contributed by atoms with van der Waals surface area (Å²) in [6, 6.07) is 13.5. The fourth-order valence-electron chi connectivity index (χ4n) is 3.70. The Morgan fingerprint density at radius 2 is 2.09 bits per heavy atom. The number of rotatable bonds is 4. The van der Waals surface area contributed by atoms with E-state index >= 15 is 0 Å². The molecule has 1 aromatic carbocycles. The summed E-state index contributed by atoms with van der Waals surface area (Å²) in [5.74, 6) is 1.56. The first-order valence-corrected chi connectivity index (χ1v) is 11.3. The van der Waals surface area contributed by atoms with Crippen LogP contribution in [0.1, 0.15) is 24.5 Å². The third-order valence-corrected chi connectivity index (χ3v) is 5.81. The minimum absolute atomic E-state index is 0.0827. The number of benzene rings is 1. The molecule has 3 aromatic rings. The van der Waals surface area contributed by atoms with Crippen molar-refractivity contribution in [1.29, 1.82) is 0 Å². The number of halogens is 1. The highest BCUT2D eigenvalue weighted by molar-refractivity contribution is 9.10. The van der Waals surface area contributed by atoms with E-state index in [-0.39, 0.29) is 11.9 Å². The molecule has 32 heavy (non-hydrogen) atoms. The fourth-order valence-corrected chi connectivity index (χ4v) is 3.93.